The number of nitrogens with zero attached hydrogens (tertiary/aromatic N) is 1. The van der Waals surface area contributed by atoms with Crippen LogP contribution in [0.4, 0.5) is 0 Å². The first-order valence-corrected chi connectivity index (χ1v) is 15.0. The van der Waals surface area contributed by atoms with Gasteiger partial charge in [0.25, 0.3) is 11.8 Å². The van der Waals surface area contributed by atoms with Gasteiger partial charge in [0.2, 0.25) is 0 Å². The van der Waals surface area contributed by atoms with Crippen LogP contribution < -0.4 is 10.9 Å². The number of amides is 2. The monoisotopic (exact) mass is 646 g/mol. The van der Waals surface area contributed by atoms with E-state index in [4.69, 9.17) is 4.65 Å². The predicted molar refractivity (Wildman–Crippen MR) is 170 cm³/mol. The number of benzene rings is 2. The van der Waals surface area contributed by atoms with Crippen molar-refractivity contribution in [3.8, 4) is 0 Å². The number of alkyl halides is 2. The summed E-state index contributed by atoms with van der Waals surface area (Å²) in [6, 6.07) is 11.3. The summed E-state index contributed by atoms with van der Waals surface area (Å²) in [7, 11) is 2.49. The zero-order valence-electron chi connectivity index (χ0n) is 24.6. The van der Waals surface area contributed by atoms with Crippen molar-refractivity contribution < 1.29 is 14.2 Å². The topological polar surface area (TPSA) is 58.6 Å². The van der Waals surface area contributed by atoms with Crippen LogP contribution in [0.3, 0.4) is 0 Å². The van der Waals surface area contributed by atoms with Crippen LogP contribution in [0, 0.1) is 6.92 Å². The summed E-state index contributed by atoms with van der Waals surface area (Å²) < 4.78 is 6.27. The molecule has 0 radical (unpaired) electrons. The van der Waals surface area contributed by atoms with Gasteiger partial charge in [-0.2, -0.15) is 0 Å². The lowest BCUT2D eigenvalue weighted by Crippen LogP contribution is -2.56. The maximum Gasteiger partial charge on any atom is 0.309 e. The quantitative estimate of drug-likeness (QED) is 0.209. The van der Waals surface area contributed by atoms with E-state index in [1.165, 1.54) is 5.01 Å². The number of rotatable bonds is 9. The number of carbonyl (C=O) groups is 2. The highest BCUT2D eigenvalue weighted by atomic mass is 79.9. The number of hydrogen-bond donors (Lipinski definition) is 1. The minimum atomic E-state index is -0.654. The molecule has 0 heterocycles. The summed E-state index contributed by atoms with van der Waals surface area (Å²) in [4.78, 5) is 27.2. The highest BCUT2D eigenvalue weighted by Gasteiger charge is 2.34. The van der Waals surface area contributed by atoms with Crippen LogP contribution in [0.5, 0.6) is 0 Å². The van der Waals surface area contributed by atoms with Crippen molar-refractivity contribution in [3.63, 3.8) is 0 Å². The van der Waals surface area contributed by atoms with Gasteiger partial charge in [0.15, 0.2) is 0 Å². The zero-order valence-corrected chi connectivity index (χ0v) is 27.8. The molecule has 0 spiro atoms. The zero-order chi connectivity index (χ0) is 29.1. The van der Waals surface area contributed by atoms with E-state index in [9.17, 15) is 9.59 Å². The third-order valence-electron chi connectivity index (χ3n) is 7.32. The van der Waals surface area contributed by atoms with Gasteiger partial charge in [-0.15, -0.1) is 0 Å². The summed E-state index contributed by atoms with van der Waals surface area (Å²) >= 11 is 7.21. The molecule has 1 N–H and O–H groups in total. The molecule has 0 aliphatic rings. The molecule has 2 amide bonds. The molecule has 0 saturated heterocycles. The summed E-state index contributed by atoms with van der Waals surface area (Å²) in [6.45, 7) is 18.3. The fraction of sp³-hybridized carbons (Fsp3) is 0.517. The number of aryl methyl sites for hydroxylation is 1. The Morgan fingerprint density at radius 3 is 2.24 bits per heavy atom. The standard InChI is InChI=1S/C29H42B2Br2N2O3/c1-10-12-19-13-11-14-21(18(19)2)25(36)34-35(27(3,4)5)26(37)20-15-16-22(24(32)33)23(17-20)31-38-29(8,9)28(6,7)30/h11,13-17,24,31H,10,12,30H2,1-9H3,(H,34,36). The number of hydrazine groups is 1. The molecule has 0 bridgehead atoms. The molecule has 2 aromatic carbocycles. The molecule has 9 heteroatoms. The van der Waals surface area contributed by atoms with Crippen molar-refractivity contribution in [2.75, 3.05) is 0 Å². The minimum absolute atomic E-state index is 0.0668. The fourth-order valence-corrected chi connectivity index (χ4v) is 4.73. The molecular formula is C29H42B2Br2N2O3. The lowest BCUT2D eigenvalue weighted by atomic mass is 9.61. The van der Waals surface area contributed by atoms with Crippen LogP contribution in [-0.4, -0.2) is 43.3 Å². The average molecular weight is 648 g/mol. The normalized spacial score (nSPS) is 12.4. The van der Waals surface area contributed by atoms with Gasteiger partial charge in [-0.25, -0.2) is 5.01 Å². The summed E-state index contributed by atoms with van der Waals surface area (Å²) in [5, 5.41) is 1.36. The van der Waals surface area contributed by atoms with E-state index in [1.54, 1.807) is 6.07 Å². The van der Waals surface area contributed by atoms with Gasteiger partial charge in [-0.1, -0.05) is 83.3 Å². The minimum Gasteiger partial charge on any atom is -0.430 e. The van der Waals surface area contributed by atoms with Crippen LogP contribution in [0.2, 0.25) is 5.31 Å². The Morgan fingerprint density at radius 1 is 1.08 bits per heavy atom. The predicted octanol–water partition coefficient (Wildman–Crippen LogP) is 5.93. The largest absolute Gasteiger partial charge is 0.430 e. The van der Waals surface area contributed by atoms with Gasteiger partial charge < -0.3 is 4.65 Å². The molecular weight excluding hydrogens is 606 g/mol. The van der Waals surface area contributed by atoms with Crippen LogP contribution in [0.15, 0.2) is 36.4 Å². The third kappa shape index (κ3) is 7.98. The highest BCUT2D eigenvalue weighted by molar-refractivity contribution is 9.24. The molecule has 5 nitrogen and oxygen atoms in total. The number of carbonyl (C=O) groups excluding carboxylic acids is 2. The Kier molecular flexibility index (Phi) is 10.9. The van der Waals surface area contributed by atoms with Gasteiger partial charge in [0.05, 0.1) is 9.28 Å². The van der Waals surface area contributed by atoms with Crippen molar-refractivity contribution in [1.29, 1.82) is 0 Å². The second-order valence-corrected chi connectivity index (χ2v) is 15.4. The molecule has 0 atom stereocenters. The molecule has 0 aliphatic heterocycles. The molecule has 0 fully saturated rings. The summed E-state index contributed by atoms with van der Waals surface area (Å²) in [5.41, 5.74) is 6.91. The van der Waals surface area contributed by atoms with E-state index in [-0.39, 0.29) is 26.5 Å². The van der Waals surface area contributed by atoms with Gasteiger partial charge in [-0.3, -0.25) is 15.0 Å². The Morgan fingerprint density at radius 2 is 1.71 bits per heavy atom. The van der Waals surface area contributed by atoms with Gasteiger partial charge >= 0.3 is 7.48 Å². The Hall–Kier alpha value is -1.57. The first-order chi connectivity index (χ1) is 17.4. The number of halogens is 2. The van der Waals surface area contributed by atoms with Gasteiger partial charge in [0, 0.05) is 16.7 Å². The van der Waals surface area contributed by atoms with E-state index in [0.29, 0.717) is 18.6 Å². The first kappa shape index (κ1) is 32.6. The van der Waals surface area contributed by atoms with Crippen LogP contribution in [0.1, 0.15) is 103 Å². The van der Waals surface area contributed by atoms with Crippen molar-refractivity contribution in [2.24, 2.45) is 0 Å². The van der Waals surface area contributed by atoms with E-state index < -0.39 is 5.54 Å². The molecule has 206 valence electrons. The SMILES string of the molecule is BC(C)(C)C(C)(C)OBc1cc(C(=O)N(NC(=O)c2cccc(CCC)c2C)C(C)(C)C)ccc1C(Br)Br. The molecule has 2 rings (SSSR count). The number of nitrogens with one attached hydrogen (secondary N) is 1. The number of hydrogen-bond acceptors (Lipinski definition) is 3. The summed E-state index contributed by atoms with van der Waals surface area (Å²) in [6.07, 6.45) is 1.90. The van der Waals surface area contributed by atoms with Crippen LogP contribution >= 0.6 is 31.9 Å². The molecule has 0 aromatic heterocycles. The maximum atomic E-state index is 13.9. The molecule has 0 saturated carbocycles. The molecule has 2 aromatic rings. The fourth-order valence-electron chi connectivity index (χ4n) is 3.83. The average Bonchev–Trinajstić information content (AvgIpc) is 2.80. The van der Waals surface area contributed by atoms with Crippen molar-refractivity contribution in [3.05, 3.63) is 64.2 Å². The molecule has 38 heavy (non-hydrogen) atoms. The van der Waals surface area contributed by atoms with E-state index in [1.807, 2.05) is 52.0 Å². The molecule has 0 unspecified atom stereocenters. The first-order valence-electron chi connectivity index (χ1n) is 13.2. The Labute approximate surface area is 247 Å². The van der Waals surface area contributed by atoms with Crippen molar-refractivity contribution in [1.82, 2.24) is 10.4 Å². The van der Waals surface area contributed by atoms with Crippen LogP contribution in [-0.2, 0) is 11.1 Å². The Bertz CT molecular complexity index is 1160. The maximum absolute atomic E-state index is 13.9. The third-order valence-corrected chi connectivity index (χ3v) is 8.30. The second kappa shape index (κ2) is 12.7. The molecule has 0 aliphatic carbocycles. The smallest absolute Gasteiger partial charge is 0.309 e. The van der Waals surface area contributed by atoms with Crippen LogP contribution in [0.25, 0.3) is 0 Å². The van der Waals surface area contributed by atoms with E-state index >= 15 is 0 Å². The lowest BCUT2D eigenvalue weighted by molar-refractivity contribution is 0.0358. The van der Waals surface area contributed by atoms with E-state index in [0.717, 1.165) is 35.0 Å². The highest BCUT2D eigenvalue weighted by Crippen LogP contribution is 2.37. The lowest BCUT2D eigenvalue weighted by Gasteiger charge is -2.39. The van der Waals surface area contributed by atoms with Crippen molar-refractivity contribution >= 4 is 64.5 Å². The van der Waals surface area contributed by atoms with E-state index in [2.05, 4.69) is 85.8 Å². The van der Waals surface area contributed by atoms with Crippen molar-refractivity contribution in [2.45, 2.75) is 95.3 Å². The van der Waals surface area contributed by atoms with Gasteiger partial charge in [0.1, 0.15) is 7.85 Å². The summed E-state index contributed by atoms with van der Waals surface area (Å²) in [5.74, 6) is -0.575. The second-order valence-electron chi connectivity index (χ2n) is 12.4. The Balaban J connectivity index is 2.42. The van der Waals surface area contributed by atoms with Gasteiger partial charge in [-0.05, 0) is 87.6 Å².